The third-order valence-electron chi connectivity index (χ3n) is 7.20. The summed E-state index contributed by atoms with van der Waals surface area (Å²) in [7, 11) is 0. The molecular weight excluding hydrogens is 352 g/mol. The molecule has 0 spiro atoms. The first-order valence-corrected chi connectivity index (χ1v) is 11.8. The van der Waals surface area contributed by atoms with Gasteiger partial charge in [0.05, 0.1) is 6.10 Å². The number of fused-ring (bicyclic) bond motifs is 2. The molecule has 2 saturated heterocycles. The van der Waals surface area contributed by atoms with Crippen LogP contribution >= 0.6 is 0 Å². The second-order valence-electron chi connectivity index (χ2n) is 9.04. The smallest absolute Gasteiger partial charge is 0.194 e. The van der Waals surface area contributed by atoms with Gasteiger partial charge in [-0.15, -0.1) is 0 Å². The topological polar surface area (TPSA) is 49.3 Å². The lowest BCUT2D eigenvalue weighted by Crippen LogP contribution is -2.55. The molecule has 6 heteroatoms. The van der Waals surface area contributed by atoms with E-state index in [0.717, 1.165) is 89.1 Å². The molecule has 2 aliphatic heterocycles. The van der Waals surface area contributed by atoms with Crippen molar-refractivity contribution in [1.29, 1.82) is 0 Å². The van der Waals surface area contributed by atoms with Crippen LogP contribution in [0.2, 0.25) is 0 Å². The van der Waals surface area contributed by atoms with Crippen molar-refractivity contribution in [2.24, 2.45) is 16.8 Å². The molecular formula is C22H40N4O2. The third-order valence-corrected chi connectivity index (χ3v) is 7.20. The van der Waals surface area contributed by atoms with Gasteiger partial charge >= 0.3 is 0 Å². The zero-order valence-electron chi connectivity index (χ0n) is 17.8. The third kappa shape index (κ3) is 5.19. The highest BCUT2D eigenvalue weighted by Crippen LogP contribution is 2.46. The Kier molecular flexibility index (Phi) is 7.48. The summed E-state index contributed by atoms with van der Waals surface area (Å²) in [4.78, 5) is 10.1. The van der Waals surface area contributed by atoms with Crippen LogP contribution in [0.25, 0.3) is 0 Å². The Labute approximate surface area is 171 Å². The number of aliphatic imine (C=N–C) groups is 1. The van der Waals surface area contributed by atoms with Crippen LogP contribution in [-0.2, 0) is 9.47 Å². The maximum Gasteiger partial charge on any atom is 0.194 e. The molecule has 0 aromatic carbocycles. The van der Waals surface area contributed by atoms with Gasteiger partial charge in [0, 0.05) is 65.1 Å². The molecule has 28 heavy (non-hydrogen) atoms. The fourth-order valence-electron chi connectivity index (χ4n) is 5.69. The molecule has 0 aromatic heterocycles. The Morgan fingerprint density at radius 1 is 1.07 bits per heavy atom. The average Bonchev–Trinajstić information content (AvgIpc) is 3.37. The first-order chi connectivity index (χ1) is 13.8. The molecule has 0 aromatic rings. The molecule has 4 rings (SSSR count). The molecule has 6 nitrogen and oxygen atoms in total. The summed E-state index contributed by atoms with van der Waals surface area (Å²) in [6.07, 6.45) is 9.42. The summed E-state index contributed by atoms with van der Waals surface area (Å²) in [5.74, 6) is 3.13. The minimum atomic E-state index is 0.393. The van der Waals surface area contributed by atoms with Gasteiger partial charge in [-0.1, -0.05) is 6.42 Å². The van der Waals surface area contributed by atoms with Crippen LogP contribution in [0.4, 0.5) is 0 Å². The van der Waals surface area contributed by atoms with E-state index in [0.29, 0.717) is 6.10 Å². The Balaban J connectivity index is 1.18. The van der Waals surface area contributed by atoms with Crippen LogP contribution in [0.1, 0.15) is 51.9 Å². The van der Waals surface area contributed by atoms with Gasteiger partial charge in [0.1, 0.15) is 0 Å². The molecule has 3 unspecified atom stereocenters. The van der Waals surface area contributed by atoms with E-state index in [1.54, 1.807) is 0 Å². The van der Waals surface area contributed by atoms with E-state index in [4.69, 9.17) is 14.5 Å². The number of nitrogens with zero attached hydrogens (tertiary/aromatic N) is 3. The van der Waals surface area contributed by atoms with Crippen LogP contribution < -0.4 is 5.32 Å². The monoisotopic (exact) mass is 392 g/mol. The number of nitrogens with one attached hydrogen (secondary N) is 1. The highest BCUT2D eigenvalue weighted by Gasteiger charge is 2.42. The SMILES string of the molecule is CCNC(=NCCCOC1CCOCC1)N1CCN(C2CC3CCC2C3)CC1. The molecule has 0 amide bonds. The zero-order chi connectivity index (χ0) is 19.2. The zero-order valence-corrected chi connectivity index (χ0v) is 17.8. The first kappa shape index (κ1) is 20.4. The summed E-state index contributed by atoms with van der Waals surface area (Å²) in [5.41, 5.74) is 0. The molecule has 2 bridgehead atoms. The van der Waals surface area contributed by atoms with E-state index in [1.807, 2.05) is 0 Å². The van der Waals surface area contributed by atoms with E-state index in [2.05, 4.69) is 22.0 Å². The number of hydrogen-bond donors (Lipinski definition) is 1. The minimum Gasteiger partial charge on any atom is -0.381 e. The van der Waals surface area contributed by atoms with Crippen LogP contribution in [0, 0.1) is 11.8 Å². The maximum absolute atomic E-state index is 5.98. The Bertz CT molecular complexity index is 501. The normalized spacial score (nSPS) is 32.2. The summed E-state index contributed by atoms with van der Waals surface area (Å²) in [6.45, 7) is 11.1. The fourth-order valence-corrected chi connectivity index (χ4v) is 5.69. The Morgan fingerprint density at radius 2 is 1.89 bits per heavy atom. The summed E-state index contributed by atoms with van der Waals surface area (Å²) < 4.78 is 11.4. The first-order valence-electron chi connectivity index (χ1n) is 11.8. The van der Waals surface area contributed by atoms with Gasteiger partial charge in [-0.2, -0.15) is 0 Å². The number of piperazine rings is 1. The molecule has 2 aliphatic carbocycles. The van der Waals surface area contributed by atoms with Crippen molar-refractivity contribution < 1.29 is 9.47 Å². The highest BCUT2D eigenvalue weighted by atomic mass is 16.5. The molecule has 2 heterocycles. The van der Waals surface area contributed by atoms with E-state index < -0.39 is 0 Å². The largest absolute Gasteiger partial charge is 0.381 e. The number of ether oxygens (including phenoxy) is 2. The average molecular weight is 393 g/mol. The molecule has 4 aliphatic rings. The van der Waals surface area contributed by atoms with Crippen molar-refractivity contribution in [3.63, 3.8) is 0 Å². The van der Waals surface area contributed by atoms with Crippen molar-refractivity contribution in [2.75, 3.05) is 59.1 Å². The van der Waals surface area contributed by atoms with E-state index >= 15 is 0 Å². The molecule has 1 N–H and O–H groups in total. The lowest BCUT2D eigenvalue weighted by Gasteiger charge is -2.42. The molecule has 4 fully saturated rings. The highest BCUT2D eigenvalue weighted by molar-refractivity contribution is 5.80. The summed E-state index contributed by atoms with van der Waals surface area (Å²) in [6, 6.07) is 0.878. The van der Waals surface area contributed by atoms with Gasteiger partial charge in [-0.05, 0) is 57.3 Å². The van der Waals surface area contributed by atoms with Crippen molar-refractivity contribution >= 4 is 5.96 Å². The standard InChI is InChI=1S/C22H40N4O2/c1-2-23-22(24-8-3-13-28-20-6-14-27-15-7-20)26-11-9-25(10-12-26)21-17-18-4-5-19(21)16-18/h18-21H,2-17H2,1H3,(H,23,24). The molecule has 0 radical (unpaired) electrons. The number of rotatable bonds is 7. The number of guanidine groups is 1. The van der Waals surface area contributed by atoms with E-state index in [-0.39, 0.29) is 0 Å². The van der Waals surface area contributed by atoms with E-state index in [1.165, 1.54) is 38.8 Å². The van der Waals surface area contributed by atoms with Crippen molar-refractivity contribution in [1.82, 2.24) is 15.1 Å². The van der Waals surface area contributed by atoms with Crippen LogP contribution in [0.3, 0.4) is 0 Å². The maximum atomic E-state index is 5.98. The van der Waals surface area contributed by atoms with E-state index in [9.17, 15) is 0 Å². The Morgan fingerprint density at radius 3 is 2.57 bits per heavy atom. The molecule has 2 saturated carbocycles. The van der Waals surface area contributed by atoms with Gasteiger partial charge in [0.25, 0.3) is 0 Å². The quantitative estimate of drug-likeness (QED) is 0.409. The van der Waals surface area contributed by atoms with Crippen LogP contribution in [0.15, 0.2) is 4.99 Å². The number of hydrogen-bond acceptors (Lipinski definition) is 4. The predicted octanol–water partition coefficient (Wildman–Crippen LogP) is 2.34. The van der Waals surface area contributed by atoms with Crippen molar-refractivity contribution in [2.45, 2.75) is 64.0 Å². The molecule has 3 atom stereocenters. The van der Waals surface area contributed by atoms with Crippen molar-refractivity contribution in [3.05, 3.63) is 0 Å². The summed E-state index contributed by atoms with van der Waals surface area (Å²) in [5, 5.41) is 3.50. The van der Waals surface area contributed by atoms with Gasteiger partial charge in [-0.3, -0.25) is 9.89 Å². The van der Waals surface area contributed by atoms with Crippen molar-refractivity contribution in [3.8, 4) is 0 Å². The van der Waals surface area contributed by atoms with Crippen LogP contribution in [0.5, 0.6) is 0 Å². The second kappa shape index (κ2) is 10.3. The predicted molar refractivity (Wildman–Crippen MR) is 113 cm³/mol. The molecule has 160 valence electrons. The van der Waals surface area contributed by atoms with Gasteiger partial charge < -0.3 is 19.7 Å². The minimum absolute atomic E-state index is 0.393. The fraction of sp³-hybridized carbons (Fsp3) is 0.955. The van der Waals surface area contributed by atoms with Gasteiger partial charge in [0.2, 0.25) is 0 Å². The van der Waals surface area contributed by atoms with Gasteiger partial charge in [0.15, 0.2) is 5.96 Å². The van der Waals surface area contributed by atoms with Gasteiger partial charge in [-0.25, -0.2) is 0 Å². The summed E-state index contributed by atoms with van der Waals surface area (Å²) >= 11 is 0. The second-order valence-corrected chi connectivity index (χ2v) is 9.04. The lowest BCUT2D eigenvalue weighted by molar-refractivity contribution is -0.0318. The Hall–Kier alpha value is -0.850. The van der Waals surface area contributed by atoms with Crippen LogP contribution in [-0.4, -0.2) is 87.0 Å². The lowest BCUT2D eigenvalue weighted by atomic mass is 9.93.